The molecule has 0 fully saturated rings. The van der Waals surface area contributed by atoms with Gasteiger partial charge in [0.05, 0.1) is 23.6 Å². The van der Waals surface area contributed by atoms with Crippen LogP contribution in [0.15, 0.2) is 92.5 Å². The first-order chi connectivity index (χ1) is 15.1. The summed E-state index contributed by atoms with van der Waals surface area (Å²) >= 11 is 3.53. The summed E-state index contributed by atoms with van der Waals surface area (Å²) in [5.74, 6) is 0.738. The van der Waals surface area contributed by atoms with Crippen LogP contribution in [0.4, 0.5) is 5.69 Å². The average molecular weight is 472 g/mol. The minimum atomic E-state index is -0.0807. The van der Waals surface area contributed by atoms with Crippen molar-refractivity contribution in [2.45, 2.75) is 0 Å². The third kappa shape index (κ3) is 3.27. The van der Waals surface area contributed by atoms with Gasteiger partial charge in [-0.3, -0.25) is 4.79 Å². The minimum Gasteiger partial charge on any atom is -0.497 e. The van der Waals surface area contributed by atoms with Crippen LogP contribution in [0, 0.1) is 0 Å². The van der Waals surface area contributed by atoms with E-state index in [2.05, 4.69) is 15.9 Å². The Bertz CT molecular complexity index is 1500. The molecule has 4 aromatic carbocycles. The minimum absolute atomic E-state index is 0.0807. The van der Waals surface area contributed by atoms with Crippen LogP contribution in [0.1, 0.15) is 0 Å². The number of nitrogen functional groups attached to an aromatic ring is 1. The molecule has 0 amide bonds. The lowest BCUT2D eigenvalue weighted by molar-refractivity contribution is 0.415. The maximum Gasteiger partial charge on any atom is 0.200 e. The molecule has 0 saturated carbocycles. The Morgan fingerprint density at radius 2 is 1.65 bits per heavy atom. The predicted molar refractivity (Wildman–Crippen MR) is 130 cm³/mol. The van der Waals surface area contributed by atoms with Crippen molar-refractivity contribution in [3.8, 4) is 28.0 Å². The zero-order valence-corrected chi connectivity index (χ0v) is 18.3. The summed E-state index contributed by atoms with van der Waals surface area (Å²) in [6.45, 7) is 0. The van der Waals surface area contributed by atoms with Gasteiger partial charge in [-0.15, -0.1) is 0 Å². The second-order valence-corrected chi connectivity index (χ2v) is 8.17. The molecule has 0 radical (unpaired) electrons. The Balaban J connectivity index is 1.93. The van der Waals surface area contributed by atoms with Crippen LogP contribution in [-0.4, -0.2) is 7.11 Å². The van der Waals surface area contributed by atoms with E-state index in [9.17, 15) is 4.79 Å². The van der Waals surface area contributed by atoms with E-state index in [1.807, 2.05) is 66.7 Å². The lowest BCUT2D eigenvalue weighted by Gasteiger charge is -2.16. The smallest absolute Gasteiger partial charge is 0.200 e. The molecule has 2 N–H and O–H groups in total. The van der Waals surface area contributed by atoms with Crippen molar-refractivity contribution in [3.63, 3.8) is 0 Å². The number of ether oxygens (including phenoxy) is 1. The molecule has 0 aliphatic carbocycles. The third-order valence-electron chi connectivity index (χ3n) is 5.42. The van der Waals surface area contributed by atoms with E-state index in [1.165, 1.54) is 0 Å². The van der Waals surface area contributed by atoms with Crippen LogP contribution in [0.5, 0.6) is 5.75 Å². The Hall–Kier alpha value is -3.57. The van der Waals surface area contributed by atoms with E-state index in [1.54, 1.807) is 19.2 Å². The van der Waals surface area contributed by atoms with Gasteiger partial charge in [0.25, 0.3) is 0 Å². The first-order valence-electron chi connectivity index (χ1n) is 9.75. The summed E-state index contributed by atoms with van der Waals surface area (Å²) in [5.41, 5.74) is 11.4. The number of benzene rings is 4. The molecule has 0 atom stereocenters. The van der Waals surface area contributed by atoms with Crippen LogP contribution < -0.4 is 15.9 Å². The molecule has 0 unspecified atom stereocenters. The van der Waals surface area contributed by atoms with Crippen LogP contribution >= 0.6 is 15.9 Å². The fraction of sp³-hybridized carbons (Fsp3) is 0.0385. The Morgan fingerprint density at radius 3 is 2.39 bits per heavy atom. The van der Waals surface area contributed by atoms with Gasteiger partial charge in [0.2, 0.25) is 5.43 Å². The Morgan fingerprint density at radius 1 is 0.871 bits per heavy atom. The molecule has 4 nitrogen and oxygen atoms in total. The number of rotatable bonds is 3. The second-order valence-electron chi connectivity index (χ2n) is 7.26. The van der Waals surface area contributed by atoms with Crippen LogP contribution in [0.25, 0.3) is 44.2 Å². The average Bonchev–Trinajstić information content (AvgIpc) is 2.79. The molecule has 0 aliphatic heterocycles. The van der Waals surface area contributed by atoms with Crippen molar-refractivity contribution in [3.05, 3.63) is 93.6 Å². The van der Waals surface area contributed by atoms with Crippen molar-refractivity contribution in [2.24, 2.45) is 0 Å². The van der Waals surface area contributed by atoms with Gasteiger partial charge in [0.1, 0.15) is 16.9 Å². The predicted octanol–water partition coefficient (Wildman–Crippen LogP) is 6.63. The van der Waals surface area contributed by atoms with Gasteiger partial charge in [-0.1, -0.05) is 52.3 Å². The molecule has 0 saturated heterocycles. The summed E-state index contributed by atoms with van der Waals surface area (Å²) in [4.78, 5) is 13.4. The topological polar surface area (TPSA) is 65.5 Å². The molecular weight excluding hydrogens is 454 g/mol. The molecule has 0 spiro atoms. The highest BCUT2D eigenvalue weighted by molar-refractivity contribution is 9.10. The summed E-state index contributed by atoms with van der Waals surface area (Å²) < 4.78 is 12.5. The number of anilines is 1. The van der Waals surface area contributed by atoms with Crippen LogP contribution in [0.2, 0.25) is 0 Å². The molecule has 1 aromatic heterocycles. The summed E-state index contributed by atoms with van der Waals surface area (Å²) in [7, 11) is 1.62. The van der Waals surface area contributed by atoms with Gasteiger partial charge >= 0.3 is 0 Å². The van der Waals surface area contributed by atoms with Gasteiger partial charge in [-0.2, -0.15) is 0 Å². The number of halogens is 1. The zero-order chi connectivity index (χ0) is 21.5. The Labute approximate surface area is 187 Å². The van der Waals surface area contributed by atoms with Crippen molar-refractivity contribution in [2.75, 3.05) is 12.8 Å². The second kappa shape index (κ2) is 7.60. The maximum atomic E-state index is 13.4. The molecule has 0 bridgehead atoms. The SMILES string of the molecule is COc1ccc(-c2c(N)c(-c3cccc(Br)c3)cc3c(=O)c4ccccc4oc23)cc1. The number of hydrogen-bond donors (Lipinski definition) is 1. The number of methoxy groups -OCH3 is 1. The van der Waals surface area contributed by atoms with Crippen molar-refractivity contribution in [1.29, 1.82) is 0 Å². The highest BCUT2D eigenvalue weighted by Gasteiger charge is 2.19. The first-order valence-corrected chi connectivity index (χ1v) is 10.5. The first kappa shape index (κ1) is 19.4. The van der Waals surface area contributed by atoms with Gasteiger partial charge in [0, 0.05) is 15.6 Å². The van der Waals surface area contributed by atoms with E-state index < -0.39 is 0 Å². The lowest BCUT2D eigenvalue weighted by Crippen LogP contribution is -2.05. The third-order valence-corrected chi connectivity index (χ3v) is 5.92. The molecule has 1 heterocycles. The maximum absolute atomic E-state index is 13.4. The standard InChI is InChI=1S/C26H18BrNO3/c1-30-18-11-9-15(10-12-18)23-24(28)20(16-5-4-6-17(27)13-16)14-21-25(29)19-7-2-3-8-22(19)31-26(21)23/h2-14H,28H2,1H3. The molecule has 5 rings (SSSR count). The van der Waals surface area contributed by atoms with E-state index in [0.717, 1.165) is 26.9 Å². The summed E-state index contributed by atoms with van der Waals surface area (Å²) in [6, 6.07) is 24.5. The normalized spacial score (nSPS) is 11.2. The van der Waals surface area contributed by atoms with Crippen LogP contribution in [0.3, 0.4) is 0 Å². The molecule has 152 valence electrons. The van der Waals surface area contributed by atoms with Gasteiger partial charge in [-0.05, 0) is 53.6 Å². The summed E-state index contributed by atoms with van der Waals surface area (Å²) in [6.07, 6.45) is 0. The molecule has 5 heteroatoms. The quantitative estimate of drug-likeness (QED) is 0.236. The fourth-order valence-corrected chi connectivity index (χ4v) is 4.29. The lowest BCUT2D eigenvalue weighted by atomic mass is 9.93. The van der Waals surface area contributed by atoms with Gasteiger partial charge < -0.3 is 14.9 Å². The number of para-hydroxylation sites is 1. The van der Waals surface area contributed by atoms with E-state index >= 15 is 0 Å². The molecular formula is C26H18BrNO3. The van der Waals surface area contributed by atoms with Crippen LogP contribution in [-0.2, 0) is 0 Å². The van der Waals surface area contributed by atoms with E-state index in [0.29, 0.717) is 33.2 Å². The van der Waals surface area contributed by atoms with Gasteiger partial charge in [0.15, 0.2) is 0 Å². The van der Waals surface area contributed by atoms with Crippen molar-refractivity contribution in [1.82, 2.24) is 0 Å². The van der Waals surface area contributed by atoms with Crippen molar-refractivity contribution >= 4 is 43.6 Å². The molecule has 0 aliphatic rings. The molecule has 31 heavy (non-hydrogen) atoms. The fourth-order valence-electron chi connectivity index (χ4n) is 3.89. The zero-order valence-electron chi connectivity index (χ0n) is 16.7. The highest BCUT2D eigenvalue weighted by Crippen LogP contribution is 2.41. The number of nitrogens with two attached hydrogens (primary N) is 1. The van der Waals surface area contributed by atoms with E-state index in [4.69, 9.17) is 14.9 Å². The largest absolute Gasteiger partial charge is 0.497 e. The van der Waals surface area contributed by atoms with Crippen molar-refractivity contribution < 1.29 is 9.15 Å². The monoisotopic (exact) mass is 471 g/mol. The van der Waals surface area contributed by atoms with Gasteiger partial charge in [-0.25, -0.2) is 0 Å². The number of hydrogen-bond acceptors (Lipinski definition) is 4. The number of fused-ring (bicyclic) bond motifs is 2. The Kier molecular flexibility index (Phi) is 4.75. The summed E-state index contributed by atoms with van der Waals surface area (Å²) in [5, 5.41) is 1.04. The molecule has 5 aromatic rings. The van der Waals surface area contributed by atoms with E-state index in [-0.39, 0.29) is 5.43 Å². The highest BCUT2D eigenvalue weighted by atomic mass is 79.9.